The summed E-state index contributed by atoms with van der Waals surface area (Å²) in [5.74, 6) is 2.00. The van der Waals surface area contributed by atoms with Gasteiger partial charge in [-0.1, -0.05) is 0 Å². The van der Waals surface area contributed by atoms with E-state index in [9.17, 15) is 4.79 Å². The highest BCUT2D eigenvalue weighted by Crippen LogP contribution is 2.33. The molecule has 3 nitrogen and oxygen atoms in total. The molecule has 0 unspecified atom stereocenters. The Balaban J connectivity index is 1.62. The highest BCUT2D eigenvalue weighted by Gasteiger charge is 2.30. The van der Waals surface area contributed by atoms with Crippen LogP contribution in [0.3, 0.4) is 0 Å². The van der Waals surface area contributed by atoms with Gasteiger partial charge in [0.1, 0.15) is 0 Å². The summed E-state index contributed by atoms with van der Waals surface area (Å²) in [7, 11) is 0. The second-order valence-electron chi connectivity index (χ2n) is 6.50. The first-order chi connectivity index (χ1) is 9.11. The molecule has 1 heterocycles. The van der Waals surface area contributed by atoms with Gasteiger partial charge in [0.25, 0.3) is 0 Å². The average Bonchev–Trinajstić information content (AvgIpc) is 3.23. The third-order valence-electron chi connectivity index (χ3n) is 4.24. The lowest BCUT2D eigenvalue weighted by Crippen LogP contribution is -2.33. The SMILES string of the molecule is Cc1cc(C(=O)CN(CC2CC2)CC2CC2)c(C)[nH]1. The van der Waals surface area contributed by atoms with Crippen molar-refractivity contribution in [2.75, 3.05) is 19.6 Å². The smallest absolute Gasteiger partial charge is 0.178 e. The van der Waals surface area contributed by atoms with E-state index in [1.807, 2.05) is 19.9 Å². The number of carbonyl (C=O) groups excluding carboxylic acids is 1. The molecule has 1 aromatic heterocycles. The van der Waals surface area contributed by atoms with Gasteiger partial charge in [-0.25, -0.2) is 0 Å². The van der Waals surface area contributed by atoms with Crippen molar-refractivity contribution in [3.63, 3.8) is 0 Å². The number of H-pyrrole nitrogens is 1. The molecular formula is C16H24N2O. The van der Waals surface area contributed by atoms with E-state index >= 15 is 0 Å². The first-order valence-corrected chi connectivity index (χ1v) is 7.53. The molecule has 3 rings (SSSR count). The van der Waals surface area contributed by atoms with Gasteiger partial charge in [0, 0.05) is 30.0 Å². The third kappa shape index (κ3) is 3.47. The highest BCUT2D eigenvalue weighted by molar-refractivity contribution is 5.98. The van der Waals surface area contributed by atoms with Gasteiger partial charge in [-0.3, -0.25) is 9.69 Å². The van der Waals surface area contributed by atoms with Gasteiger partial charge in [-0.2, -0.15) is 0 Å². The van der Waals surface area contributed by atoms with Crippen LogP contribution in [0.25, 0.3) is 0 Å². The highest BCUT2D eigenvalue weighted by atomic mass is 16.1. The zero-order valence-electron chi connectivity index (χ0n) is 12.0. The van der Waals surface area contributed by atoms with Crippen molar-refractivity contribution in [1.82, 2.24) is 9.88 Å². The van der Waals surface area contributed by atoms with Crippen LogP contribution in [0.1, 0.15) is 47.4 Å². The lowest BCUT2D eigenvalue weighted by atomic mass is 10.1. The predicted molar refractivity (Wildman–Crippen MR) is 76.5 cm³/mol. The molecule has 0 spiro atoms. The van der Waals surface area contributed by atoms with Gasteiger partial charge in [-0.05, 0) is 57.4 Å². The molecule has 1 aromatic rings. The van der Waals surface area contributed by atoms with Crippen molar-refractivity contribution in [3.8, 4) is 0 Å². The fourth-order valence-corrected chi connectivity index (χ4v) is 2.84. The summed E-state index contributed by atoms with van der Waals surface area (Å²) in [6.45, 7) is 6.86. The summed E-state index contributed by atoms with van der Waals surface area (Å²) in [5, 5.41) is 0. The number of hydrogen-bond acceptors (Lipinski definition) is 2. The molecule has 0 saturated heterocycles. The first-order valence-electron chi connectivity index (χ1n) is 7.53. The number of aromatic nitrogens is 1. The lowest BCUT2D eigenvalue weighted by Gasteiger charge is -2.21. The van der Waals surface area contributed by atoms with Crippen LogP contribution in [-0.2, 0) is 0 Å². The van der Waals surface area contributed by atoms with E-state index < -0.39 is 0 Å². The number of hydrogen-bond donors (Lipinski definition) is 1. The minimum Gasteiger partial charge on any atom is -0.362 e. The Morgan fingerprint density at radius 1 is 1.21 bits per heavy atom. The minimum atomic E-state index is 0.281. The number of Topliss-reactive ketones (excluding diaryl/α,β-unsaturated/α-hetero) is 1. The number of rotatable bonds is 7. The van der Waals surface area contributed by atoms with Crippen LogP contribution in [0.2, 0.25) is 0 Å². The number of nitrogens with one attached hydrogen (secondary N) is 1. The molecule has 2 fully saturated rings. The molecule has 0 aromatic carbocycles. The van der Waals surface area contributed by atoms with Crippen LogP contribution >= 0.6 is 0 Å². The Labute approximate surface area is 115 Å². The largest absolute Gasteiger partial charge is 0.362 e. The molecule has 2 aliphatic rings. The van der Waals surface area contributed by atoms with Crippen molar-refractivity contribution in [1.29, 1.82) is 0 Å². The van der Waals surface area contributed by atoms with Crippen molar-refractivity contribution in [2.45, 2.75) is 39.5 Å². The van der Waals surface area contributed by atoms with E-state index in [2.05, 4.69) is 9.88 Å². The van der Waals surface area contributed by atoms with Crippen molar-refractivity contribution < 1.29 is 4.79 Å². The Hall–Kier alpha value is -1.09. The van der Waals surface area contributed by atoms with E-state index in [1.165, 1.54) is 25.7 Å². The maximum absolute atomic E-state index is 12.4. The van der Waals surface area contributed by atoms with Crippen LogP contribution in [0, 0.1) is 25.7 Å². The van der Waals surface area contributed by atoms with Crippen LogP contribution in [0.4, 0.5) is 0 Å². The topological polar surface area (TPSA) is 36.1 Å². The summed E-state index contributed by atoms with van der Waals surface area (Å²) >= 11 is 0. The van der Waals surface area contributed by atoms with Crippen LogP contribution in [0.5, 0.6) is 0 Å². The molecule has 2 aliphatic carbocycles. The van der Waals surface area contributed by atoms with Crippen LogP contribution in [0.15, 0.2) is 6.07 Å². The van der Waals surface area contributed by atoms with E-state index in [0.717, 1.165) is 41.9 Å². The summed E-state index contributed by atoms with van der Waals surface area (Å²) in [5.41, 5.74) is 2.98. The molecule has 104 valence electrons. The lowest BCUT2D eigenvalue weighted by molar-refractivity contribution is 0.0923. The second-order valence-corrected chi connectivity index (χ2v) is 6.50. The average molecular weight is 260 g/mol. The van der Waals surface area contributed by atoms with Crippen molar-refractivity contribution in [3.05, 3.63) is 23.0 Å². The zero-order chi connectivity index (χ0) is 13.4. The molecule has 19 heavy (non-hydrogen) atoms. The zero-order valence-corrected chi connectivity index (χ0v) is 12.0. The van der Waals surface area contributed by atoms with Gasteiger partial charge in [0.05, 0.1) is 6.54 Å². The maximum atomic E-state index is 12.4. The normalized spacial score (nSPS) is 19.1. The van der Waals surface area contributed by atoms with Crippen LogP contribution < -0.4 is 0 Å². The predicted octanol–water partition coefficient (Wildman–Crippen LogP) is 2.94. The van der Waals surface area contributed by atoms with Crippen LogP contribution in [-0.4, -0.2) is 35.3 Å². The number of aryl methyl sites for hydroxylation is 2. The Bertz CT molecular complexity index is 455. The van der Waals surface area contributed by atoms with Gasteiger partial charge in [-0.15, -0.1) is 0 Å². The minimum absolute atomic E-state index is 0.281. The standard InChI is InChI=1S/C16H24N2O/c1-11-7-15(12(2)17-11)16(19)10-18(8-13-3-4-13)9-14-5-6-14/h7,13-14,17H,3-6,8-10H2,1-2H3. The molecule has 0 aliphatic heterocycles. The molecule has 0 amide bonds. The third-order valence-corrected chi connectivity index (χ3v) is 4.24. The quantitative estimate of drug-likeness (QED) is 0.765. The maximum Gasteiger partial charge on any atom is 0.178 e. The van der Waals surface area contributed by atoms with E-state index in [-0.39, 0.29) is 5.78 Å². The van der Waals surface area contributed by atoms with E-state index in [1.54, 1.807) is 0 Å². The summed E-state index contributed by atoms with van der Waals surface area (Å²) in [6.07, 6.45) is 5.44. The molecule has 0 bridgehead atoms. The number of aromatic amines is 1. The van der Waals surface area contributed by atoms with E-state index in [0.29, 0.717) is 6.54 Å². The molecule has 0 radical (unpaired) electrons. The van der Waals surface area contributed by atoms with Gasteiger partial charge < -0.3 is 4.98 Å². The molecule has 0 atom stereocenters. The van der Waals surface area contributed by atoms with Gasteiger partial charge in [0.2, 0.25) is 0 Å². The molecule has 2 saturated carbocycles. The van der Waals surface area contributed by atoms with Crippen molar-refractivity contribution in [2.24, 2.45) is 11.8 Å². The Morgan fingerprint density at radius 3 is 2.21 bits per heavy atom. The second kappa shape index (κ2) is 5.12. The van der Waals surface area contributed by atoms with E-state index in [4.69, 9.17) is 0 Å². The fourth-order valence-electron chi connectivity index (χ4n) is 2.84. The van der Waals surface area contributed by atoms with Crippen molar-refractivity contribution >= 4 is 5.78 Å². The summed E-state index contributed by atoms with van der Waals surface area (Å²) < 4.78 is 0. The molecular weight excluding hydrogens is 236 g/mol. The number of ketones is 1. The molecule has 1 N–H and O–H groups in total. The monoisotopic (exact) mass is 260 g/mol. The first kappa shape index (κ1) is 12.9. The van der Waals surface area contributed by atoms with Gasteiger partial charge >= 0.3 is 0 Å². The fraction of sp³-hybridized carbons (Fsp3) is 0.688. The summed E-state index contributed by atoms with van der Waals surface area (Å²) in [4.78, 5) is 18.1. The Morgan fingerprint density at radius 2 is 1.79 bits per heavy atom. The van der Waals surface area contributed by atoms with Gasteiger partial charge in [0.15, 0.2) is 5.78 Å². The summed E-state index contributed by atoms with van der Waals surface area (Å²) in [6, 6.07) is 1.99. The number of carbonyl (C=O) groups is 1. The molecule has 3 heteroatoms. The Kier molecular flexibility index (Phi) is 3.48. The number of nitrogens with zero attached hydrogens (tertiary/aromatic N) is 1.